The molecule has 7 atom stereocenters. The summed E-state index contributed by atoms with van der Waals surface area (Å²) in [6.07, 6.45) is 10.3. The van der Waals surface area contributed by atoms with E-state index in [2.05, 4.69) is 25.2 Å². The predicted octanol–water partition coefficient (Wildman–Crippen LogP) is 4.47. The largest absolute Gasteiger partial charge is 0.352 e. The Hall–Kier alpha value is -2.70. The lowest BCUT2D eigenvalue weighted by Gasteiger charge is -2.60. The fourth-order valence-electron chi connectivity index (χ4n) is 8.22. The summed E-state index contributed by atoms with van der Waals surface area (Å²) in [5, 5.41) is 14.0. The molecule has 1 heterocycles. The summed E-state index contributed by atoms with van der Waals surface area (Å²) in [6.45, 7) is 5.07. The van der Waals surface area contributed by atoms with Crippen LogP contribution in [0.5, 0.6) is 0 Å². The number of nitrogens with one attached hydrogen (secondary N) is 1. The molecule has 0 spiro atoms. The molecule has 4 aliphatic rings. The molecule has 34 heavy (non-hydrogen) atoms. The van der Waals surface area contributed by atoms with Gasteiger partial charge in [0.25, 0.3) is 5.69 Å². The third-order valence-corrected chi connectivity index (χ3v) is 10.1. The topological polar surface area (TPSA) is 92.6 Å². The van der Waals surface area contributed by atoms with E-state index in [1.54, 1.807) is 18.2 Å². The number of nitro groups is 1. The molecule has 2 unspecified atom stereocenters. The monoisotopic (exact) mass is 465 g/mol. The average Bonchev–Trinajstić information content (AvgIpc) is 3.18. The fraction of sp³-hybridized carbons (Fsp3) is 0.630. The van der Waals surface area contributed by atoms with Gasteiger partial charge in [-0.3, -0.25) is 19.7 Å². The predicted molar refractivity (Wildman–Crippen MR) is 129 cm³/mol. The van der Waals surface area contributed by atoms with Gasteiger partial charge in [0.05, 0.1) is 4.92 Å². The van der Waals surface area contributed by atoms with Crippen LogP contribution < -0.4 is 5.32 Å². The standard InChI is InChI=1S/C27H35N3O4/c1-26-14-12-21-19(8-11-23-27(21,2)15-13-24(31)29(23)3)20(26)9-10-22(26)25(32)28-16-17-4-6-18(7-5-17)30(33)34/h4-7,13,15,19-23H,8-12,14,16H2,1-3H3,(H,28,32)/t19-,20-,21+,22?,23?,26-,27+/m0/s1. The molecule has 0 radical (unpaired) electrons. The van der Waals surface area contributed by atoms with Crippen LogP contribution in [0, 0.1) is 44.6 Å². The molecule has 7 nitrogen and oxygen atoms in total. The number of benzene rings is 1. The van der Waals surface area contributed by atoms with E-state index in [0.717, 1.165) is 44.1 Å². The maximum atomic E-state index is 13.3. The second-order valence-corrected chi connectivity index (χ2v) is 11.4. The lowest BCUT2D eigenvalue weighted by Crippen LogP contribution is -2.59. The Balaban J connectivity index is 1.29. The molecule has 1 aliphatic heterocycles. The van der Waals surface area contributed by atoms with Crippen molar-refractivity contribution >= 4 is 17.5 Å². The molecule has 3 fully saturated rings. The van der Waals surface area contributed by atoms with Gasteiger partial charge in [-0.25, -0.2) is 0 Å². The van der Waals surface area contributed by atoms with Crippen LogP contribution >= 0.6 is 0 Å². The fourth-order valence-corrected chi connectivity index (χ4v) is 8.22. The van der Waals surface area contributed by atoms with E-state index in [1.165, 1.54) is 12.1 Å². The lowest BCUT2D eigenvalue weighted by atomic mass is 9.47. The number of fused-ring (bicyclic) bond motifs is 5. The van der Waals surface area contributed by atoms with Gasteiger partial charge in [0.1, 0.15) is 0 Å². The molecular weight excluding hydrogens is 430 g/mol. The number of nitro benzene ring substituents is 1. The van der Waals surface area contributed by atoms with Gasteiger partial charge < -0.3 is 10.2 Å². The van der Waals surface area contributed by atoms with Gasteiger partial charge in [-0.2, -0.15) is 0 Å². The third-order valence-electron chi connectivity index (χ3n) is 10.1. The first kappa shape index (κ1) is 23.1. The molecule has 7 heteroatoms. The first-order valence-electron chi connectivity index (χ1n) is 12.6. The molecule has 3 saturated carbocycles. The molecule has 3 aliphatic carbocycles. The number of rotatable bonds is 4. The number of hydrogen-bond acceptors (Lipinski definition) is 4. The summed E-state index contributed by atoms with van der Waals surface area (Å²) < 4.78 is 0. The Morgan fingerprint density at radius 1 is 1.12 bits per heavy atom. The minimum Gasteiger partial charge on any atom is -0.352 e. The van der Waals surface area contributed by atoms with Crippen LogP contribution in [0.2, 0.25) is 0 Å². The van der Waals surface area contributed by atoms with Crippen molar-refractivity contribution in [2.24, 2.45) is 34.5 Å². The van der Waals surface area contributed by atoms with Gasteiger partial charge in [0.2, 0.25) is 11.8 Å². The Labute approximate surface area is 201 Å². The average molecular weight is 466 g/mol. The Morgan fingerprint density at radius 2 is 1.85 bits per heavy atom. The summed E-state index contributed by atoms with van der Waals surface area (Å²) in [7, 11) is 1.95. The number of likely N-dealkylation sites (N-methyl/N-ethyl adjacent to an activating group) is 1. The number of hydrogen-bond donors (Lipinski definition) is 1. The second kappa shape index (κ2) is 8.21. The number of nitrogens with zero attached hydrogens (tertiary/aromatic N) is 2. The zero-order valence-corrected chi connectivity index (χ0v) is 20.3. The third kappa shape index (κ3) is 3.46. The number of amides is 2. The molecule has 182 valence electrons. The molecular formula is C27H35N3O4. The second-order valence-electron chi connectivity index (χ2n) is 11.4. The van der Waals surface area contributed by atoms with Crippen LogP contribution in [0.4, 0.5) is 5.69 Å². The smallest absolute Gasteiger partial charge is 0.269 e. The normalized spacial score (nSPS) is 38.6. The highest BCUT2D eigenvalue weighted by molar-refractivity contribution is 5.89. The van der Waals surface area contributed by atoms with Crippen molar-refractivity contribution in [3.05, 3.63) is 52.1 Å². The summed E-state index contributed by atoms with van der Waals surface area (Å²) in [5.74, 6) is 1.93. The molecule has 0 bridgehead atoms. The Bertz CT molecular complexity index is 1040. The SMILES string of the molecule is CN1C(=O)C=C[C@@]2(C)C1CC[C@@H]1[C@H]2CC[C@]2(C)C(C(=O)NCc3ccc([N+](=O)[O-])cc3)CC[C@@H]12. The zero-order valence-electron chi connectivity index (χ0n) is 20.3. The minimum absolute atomic E-state index is 0.00399. The lowest BCUT2D eigenvalue weighted by molar-refractivity contribution is -0.384. The maximum Gasteiger partial charge on any atom is 0.269 e. The van der Waals surface area contributed by atoms with Gasteiger partial charge in [-0.15, -0.1) is 0 Å². The summed E-state index contributed by atoms with van der Waals surface area (Å²) >= 11 is 0. The molecule has 2 amide bonds. The van der Waals surface area contributed by atoms with Crippen molar-refractivity contribution in [2.45, 2.75) is 65.0 Å². The van der Waals surface area contributed by atoms with Crippen LogP contribution in [0.3, 0.4) is 0 Å². The summed E-state index contributed by atoms with van der Waals surface area (Å²) in [6, 6.07) is 6.66. The van der Waals surface area contributed by atoms with Crippen LogP contribution in [-0.2, 0) is 16.1 Å². The van der Waals surface area contributed by atoms with E-state index in [-0.39, 0.29) is 40.3 Å². The van der Waals surface area contributed by atoms with Gasteiger partial charge >= 0.3 is 0 Å². The number of carbonyl (C=O) groups excluding carboxylic acids is 2. The summed E-state index contributed by atoms with van der Waals surface area (Å²) in [4.78, 5) is 38.0. The van der Waals surface area contributed by atoms with Gasteiger partial charge in [-0.05, 0) is 73.3 Å². The van der Waals surface area contributed by atoms with Crippen molar-refractivity contribution in [1.82, 2.24) is 10.2 Å². The van der Waals surface area contributed by atoms with E-state index in [0.29, 0.717) is 24.3 Å². The molecule has 1 N–H and O–H groups in total. The van der Waals surface area contributed by atoms with E-state index in [1.807, 2.05) is 11.9 Å². The minimum atomic E-state index is -0.412. The van der Waals surface area contributed by atoms with Gasteiger partial charge in [-0.1, -0.05) is 32.1 Å². The van der Waals surface area contributed by atoms with E-state index < -0.39 is 4.92 Å². The number of non-ortho nitro benzene ring substituents is 1. The number of carbonyl (C=O) groups is 2. The first-order valence-corrected chi connectivity index (χ1v) is 12.6. The molecule has 1 aromatic carbocycles. The highest BCUT2D eigenvalue weighted by atomic mass is 16.6. The first-order chi connectivity index (χ1) is 16.1. The highest BCUT2D eigenvalue weighted by Gasteiger charge is 2.61. The van der Waals surface area contributed by atoms with E-state index >= 15 is 0 Å². The van der Waals surface area contributed by atoms with Gasteiger partial charge in [0, 0.05) is 43.1 Å². The zero-order chi connectivity index (χ0) is 24.3. The molecule has 0 aromatic heterocycles. The van der Waals surface area contributed by atoms with Crippen molar-refractivity contribution in [3.63, 3.8) is 0 Å². The molecule has 5 rings (SSSR count). The Morgan fingerprint density at radius 3 is 2.56 bits per heavy atom. The maximum absolute atomic E-state index is 13.3. The van der Waals surface area contributed by atoms with Crippen molar-refractivity contribution in [2.75, 3.05) is 7.05 Å². The van der Waals surface area contributed by atoms with Crippen LogP contribution in [0.1, 0.15) is 57.9 Å². The molecule has 0 saturated heterocycles. The van der Waals surface area contributed by atoms with Crippen LogP contribution in [0.15, 0.2) is 36.4 Å². The van der Waals surface area contributed by atoms with E-state index in [9.17, 15) is 19.7 Å². The van der Waals surface area contributed by atoms with Crippen molar-refractivity contribution in [3.8, 4) is 0 Å². The van der Waals surface area contributed by atoms with E-state index in [4.69, 9.17) is 0 Å². The summed E-state index contributed by atoms with van der Waals surface area (Å²) in [5.41, 5.74) is 0.953. The quantitative estimate of drug-likeness (QED) is 0.525. The van der Waals surface area contributed by atoms with Crippen LogP contribution in [0.25, 0.3) is 0 Å². The Kier molecular flexibility index (Phi) is 5.57. The van der Waals surface area contributed by atoms with Crippen molar-refractivity contribution in [1.29, 1.82) is 0 Å². The highest BCUT2D eigenvalue weighted by Crippen LogP contribution is 2.65. The molecule has 1 aromatic rings. The van der Waals surface area contributed by atoms with Crippen LogP contribution in [-0.4, -0.2) is 34.7 Å². The van der Waals surface area contributed by atoms with Gasteiger partial charge in [0.15, 0.2) is 0 Å². The van der Waals surface area contributed by atoms with Crippen molar-refractivity contribution < 1.29 is 14.5 Å².